The van der Waals surface area contributed by atoms with Crippen LogP contribution in [-0.2, 0) is 0 Å². The van der Waals surface area contributed by atoms with Crippen molar-refractivity contribution in [3.05, 3.63) is 33.3 Å². The lowest BCUT2D eigenvalue weighted by Gasteiger charge is -2.11. The fraction of sp³-hybridized carbons (Fsp3) is 0.364. The van der Waals surface area contributed by atoms with Crippen LogP contribution in [0, 0.1) is 0 Å². The molecule has 1 aromatic rings. The molecule has 0 spiro atoms. The molecular formula is C11H12BrClN2O. The predicted molar refractivity (Wildman–Crippen MR) is 67.9 cm³/mol. The molecular weight excluding hydrogens is 291 g/mol. The Morgan fingerprint density at radius 1 is 1.56 bits per heavy atom. The summed E-state index contributed by atoms with van der Waals surface area (Å²) in [5.41, 5.74) is 0.597. The van der Waals surface area contributed by atoms with Gasteiger partial charge in [-0.15, -0.1) is 0 Å². The molecule has 0 unspecified atom stereocenters. The fourth-order valence-corrected chi connectivity index (χ4v) is 2.11. The molecule has 2 rings (SSSR count). The summed E-state index contributed by atoms with van der Waals surface area (Å²) in [6, 6.07) is 5.44. The molecule has 5 heteroatoms. The molecule has 1 amide bonds. The molecule has 0 aliphatic carbocycles. The quantitative estimate of drug-likeness (QED) is 0.879. The van der Waals surface area contributed by atoms with Crippen LogP contribution in [0.3, 0.4) is 0 Å². The van der Waals surface area contributed by atoms with Gasteiger partial charge in [0.15, 0.2) is 0 Å². The second-order valence-electron chi connectivity index (χ2n) is 3.79. The molecule has 1 aliphatic rings. The van der Waals surface area contributed by atoms with Gasteiger partial charge in [-0.25, -0.2) is 0 Å². The van der Waals surface area contributed by atoms with Crippen molar-refractivity contribution in [2.45, 2.75) is 12.5 Å². The Bertz CT molecular complexity index is 405. The molecule has 1 heterocycles. The maximum atomic E-state index is 11.9. The van der Waals surface area contributed by atoms with E-state index in [-0.39, 0.29) is 11.9 Å². The number of benzene rings is 1. The Balaban J connectivity index is 2.05. The summed E-state index contributed by atoms with van der Waals surface area (Å²) in [5.74, 6) is -0.0666. The van der Waals surface area contributed by atoms with Crippen LogP contribution in [0.2, 0.25) is 5.02 Å². The van der Waals surface area contributed by atoms with E-state index in [2.05, 4.69) is 26.6 Å². The van der Waals surface area contributed by atoms with Gasteiger partial charge in [0.05, 0.1) is 5.02 Å². The zero-order valence-electron chi connectivity index (χ0n) is 8.59. The minimum absolute atomic E-state index is 0.0666. The first-order chi connectivity index (χ1) is 7.66. The maximum absolute atomic E-state index is 11.9. The van der Waals surface area contributed by atoms with E-state index in [1.54, 1.807) is 18.2 Å². The Hall–Kier alpha value is -0.580. The molecule has 0 saturated carbocycles. The summed E-state index contributed by atoms with van der Waals surface area (Å²) in [6.07, 6.45) is 0.982. The number of rotatable bonds is 2. The topological polar surface area (TPSA) is 41.1 Å². The lowest BCUT2D eigenvalue weighted by Crippen LogP contribution is -2.36. The summed E-state index contributed by atoms with van der Waals surface area (Å²) in [6.45, 7) is 1.81. The van der Waals surface area contributed by atoms with Crippen molar-refractivity contribution in [2.75, 3.05) is 13.1 Å². The standard InChI is InChI=1S/C11H12BrClN2O/c12-9-2-1-7(5-10(9)13)11(16)15-8-3-4-14-6-8/h1-2,5,8,14H,3-4,6H2,(H,15,16)/t8-/m0/s1. The molecule has 3 nitrogen and oxygen atoms in total. The SMILES string of the molecule is O=C(N[C@H]1CCNC1)c1ccc(Br)c(Cl)c1. The van der Waals surface area contributed by atoms with Crippen LogP contribution in [0.4, 0.5) is 0 Å². The second kappa shape index (κ2) is 5.17. The molecule has 1 atom stereocenters. The minimum Gasteiger partial charge on any atom is -0.348 e. The van der Waals surface area contributed by atoms with Crippen LogP contribution < -0.4 is 10.6 Å². The molecule has 1 saturated heterocycles. The summed E-state index contributed by atoms with van der Waals surface area (Å²) in [5, 5.41) is 6.72. The van der Waals surface area contributed by atoms with Gasteiger partial charge >= 0.3 is 0 Å². The molecule has 0 bridgehead atoms. The van der Waals surface area contributed by atoms with Crippen LogP contribution >= 0.6 is 27.5 Å². The number of hydrogen-bond acceptors (Lipinski definition) is 2. The van der Waals surface area contributed by atoms with Gasteiger partial charge in [-0.05, 0) is 47.1 Å². The number of nitrogens with one attached hydrogen (secondary N) is 2. The van der Waals surface area contributed by atoms with E-state index in [1.807, 2.05) is 0 Å². The second-order valence-corrected chi connectivity index (χ2v) is 5.05. The Morgan fingerprint density at radius 3 is 3.00 bits per heavy atom. The first-order valence-corrected chi connectivity index (χ1v) is 6.30. The van der Waals surface area contributed by atoms with E-state index in [0.717, 1.165) is 24.0 Å². The van der Waals surface area contributed by atoms with E-state index in [9.17, 15) is 4.79 Å². The number of amides is 1. The molecule has 1 fully saturated rings. The van der Waals surface area contributed by atoms with E-state index < -0.39 is 0 Å². The lowest BCUT2D eigenvalue weighted by atomic mass is 10.2. The Labute approximate surface area is 108 Å². The van der Waals surface area contributed by atoms with Crippen molar-refractivity contribution in [3.63, 3.8) is 0 Å². The van der Waals surface area contributed by atoms with E-state index in [1.165, 1.54) is 0 Å². The molecule has 0 radical (unpaired) electrons. The van der Waals surface area contributed by atoms with Gasteiger partial charge in [-0.1, -0.05) is 11.6 Å². The summed E-state index contributed by atoms with van der Waals surface area (Å²) >= 11 is 9.23. The molecule has 0 aromatic heterocycles. The third-order valence-corrected chi connectivity index (χ3v) is 3.81. The van der Waals surface area contributed by atoms with Crippen LogP contribution in [0.15, 0.2) is 22.7 Å². The summed E-state index contributed by atoms with van der Waals surface area (Å²) in [7, 11) is 0. The van der Waals surface area contributed by atoms with Crippen molar-refractivity contribution < 1.29 is 4.79 Å². The van der Waals surface area contributed by atoms with Crippen molar-refractivity contribution >= 4 is 33.4 Å². The molecule has 1 aromatic carbocycles. The maximum Gasteiger partial charge on any atom is 0.251 e. The van der Waals surface area contributed by atoms with Crippen molar-refractivity contribution in [3.8, 4) is 0 Å². The fourth-order valence-electron chi connectivity index (χ4n) is 1.68. The van der Waals surface area contributed by atoms with Gasteiger partial charge in [-0.3, -0.25) is 4.79 Å². The summed E-state index contributed by atoms with van der Waals surface area (Å²) in [4.78, 5) is 11.9. The van der Waals surface area contributed by atoms with Gasteiger partial charge in [0.2, 0.25) is 0 Å². The normalized spacial score (nSPS) is 19.8. The average Bonchev–Trinajstić information content (AvgIpc) is 2.74. The predicted octanol–water partition coefficient (Wildman–Crippen LogP) is 2.19. The lowest BCUT2D eigenvalue weighted by molar-refractivity contribution is 0.0940. The molecule has 2 N–H and O–H groups in total. The van der Waals surface area contributed by atoms with Gasteiger partial charge in [0.1, 0.15) is 0 Å². The molecule has 1 aliphatic heterocycles. The van der Waals surface area contributed by atoms with Gasteiger partial charge in [0.25, 0.3) is 5.91 Å². The van der Waals surface area contributed by atoms with Crippen LogP contribution in [0.5, 0.6) is 0 Å². The number of carbonyl (C=O) groups excluding carboxylic acids is 1. The first kappa shape index (κ1) is 11.9. The zero-order chi connectivity index (χ0) is 11.5. The third kappa shape index (κ3) is 2.75. The van der Waals surface area contributed by atoms with Crippen LogP contribution in [-0.4, -0.2) is 25.0 Å². The number of carbonyl (C=O) groups is 1. The van der Waals surface area contributed by atoms with E-state index >= 15 is 0 Å². The van der Waals surface area contributed by atoms with Gasteiger partial charge in [0, 0.05) is 22.6 Å². The highest BCUT2D eigenvalue weighted by Crippen LogP contribution is 2.23. The Morgan fingerprint density at radius 2 is 2.38 bits per heavy atom. The van der Waals surface area contributed by atoms with E-state index in [0.29, 0.717) is 10.6 Å². The highest BCUT2D eigenvalue weighted by Gasteiger charge is 2.17. The minimum atomic E-state index is -0.0666. The Kier molecular flexibility index (Phi) is 3.84. The molecule has 16 heavy (non-hydrogen) atoms. The van der Waals surface area contributed by atoms with Crippen molar-refractivity contribution in [2.24, 2.45) is 0 Å². The smallest absolute Gasteiger partial charge is 0.251 e. The van der Waals surface area contributed by atoms with Gasteiger partial charge in [-0.2, -0.15) is 0 Å². The zero-order valence-corrected chi connectivity index (χ0v) is 10.9. The van der Waals surface area contributed by atoms with Crippen LogP contribution in [0.1, 0.15) is 16.8 Å². The van der Waals surface area contributed by atoms with Crippen molar-refractivity contribution in [1.82, 2.24) is 10.6 Å². The van der Waals surface area contributed by atoms with Crippen molar-refractivity contribution in [1.29, 1.82) is 0 Å². The third-order valence-electron chi connectivity index (χ3n) is 2.58. The monoisotopic (exact) mass is 302 g/mol. The highest BCUT2D eigenvalue weighted by molar-refractivity contribution is 9.10. The van der Waals surface area contributed by atoms with E-state index in [4.69, 9.17) is 11.6 Å². The average molecular weight is 304 g/mol. The largest absolute Gasteiger partial charge is 0.348 e. The van der Waals surface area contributed by atoms with Gasteiger partial charge < -0.3 is 10.6 Å². The summed E-state index contributed by atoms with van der Waals surface area (Å²) < 4.78 is 0.799. The first-order valence-electron chi connectivity index (χ1n) is 5.13. The van der Waals surface area contributed by atoms with Crippen LogP contribution in [0.25, 0.3) is 0 Å². The molecule has 86 valence electrons. The number of halogens is 2. The highest BCUT2D eigenvalue weighted by atomic mass is 79.9. The number of hydrogen-bond donors (Lipinski definition) is 2.